The Labute approximate surface area is 97.6 Å². The number of ether oxygens (including phenoxy) is 1. The average molecular weight is 220 g/mol. The van der Waals surface area contributed by atoms with Gasteiger partial charge in [-0.15, -0.1) is 0 Å². The molecule has 1 saturated heterocycles. The normalized spacial score (nSPS) is 23.3. The second-order valence-corrected chi connectivity index (χ2v) is 4.54. The number of benzene rings is 1. The van der Waals surface area contributed by atoms with Crippen molar-refractivity contribution in [3.8, 4) is 5.75 Å². The quantitative estimate of drug-likeness (QED) is 0.753. The minimum atomic E-state index is 0.480. The first kappa shape index (κ1) is 11.4. The molecule has 3 heteroatoms. The second kappa shape index (κ2) is 4.85. The van der Waals surface area contributed by atoms with Crippen LogP contribution in [0.3, 0.4) is 0 Å². The third kappa shape index (κ3) is 2.36. The predicted molar refractivity (Wildman–Crippen MR) is 65.9 cm³/mol. The van der Waals surface area contributed by atoms with Crippen LogP contribution in [0.15, 0.2) is 24.3 Å². The molecule has 0 amide bonds. The lowest BCUT2D eigenvalue weighted by molar-refractivity contribution is 0.115. The largest absolute Gasteiger partial charge is 0.497 e. The lowest BCUT2D eigenvalue weighted by atomic mass is 10.0. The fourth-order valence-electron chi connectivity index (χ4n) is 2.22. The molecule has 0 bridgehead atoms. The number of nitrogens with zero attached hydrogens (tertiary/aromatic N) is 2. The van der Waals surface area contributed by atoms with E-state index in [0.29, 0.717) is 6.04 Å². The van der Waals surface area contributed by atoms with Crippen LogP contribution in [-0.4, -0.2) is 50.6 Å². The van der Waals surface area contributed by atoms with Gasteiger partial charge in [0.15, 0.2) is 0 Å². The third-order valence-corrected chi connectivity index (χ3v) is 3.33. The molecule has 1 atom stereocenters. The van der Waals surface area contributed by atoms with Crippen molar-refractivity contribution in [1.29, 1.82) is 0 Å². The van der Waals surface area contributed by atoms with Gasteiger partial charge >= 0.3 is 0 Å². The molecule has 0 spiro atoms. The summed E-state index contributed by atoms with van der Waals surface area (Å²) in [5.74, 6) is 0.944. The van der Waals surface area contributed by atoms with E-state index in [4.69, 9.17) is 4.74 Å². The number of piperazine rings is 1. The maximum Gasteiger partial charge on any atom is 0.119 e. The van der Waals surface area contributed by atoms with Crippen molar-refractivity contribution >= 4 is 0 Å². The molecule has 2 rings (SSSR count). The fourth-order valence-corrected chi connectivity index (χ4v) is 2.22. The van der Waals surface area contributed by atoms with E-state index in [1.807, 2.05) is 6.07 Å². The third-order valence-electron chi connectivity index (χ3n) is 3.33. The fraction of sp³-hybridized carbons (Fsp3) is 0.538. The Morgan fingerprint density at radius 2 is 2.06 bits per heavy atom. The van der Waals surface area contributed by atoms with E-state index in [2.05, 4.69) is 42.1 Å². The molecule has 1 aromatic carbocycles. The smallest absolute Gasteiger partial charge is 0.119 e. The molecule has 1 heterocycles. The molecule has 3 nitrogen and oxygen atoms in total. The Bertz CT molecular complexity index is 354. The van der Waals surface area contributed by atoms with E-state index in [0.717, 1.165) is 25.4 Å². The van der Waals surface area contributed by atoms with Crippen molar-refractivity contribution in [2.24, 2.45) is 0 Å². The summed E-state index contributed by atoms with van der Waals surface area (Å²) in [7, 11) is 6.09. The molecule has 0 aromatic heterocycles. The Kier molecular flexibility index (Phi) is 3.46. The predicted octanol–water partition coefficient (Wildman–Crippen LogP) is 1.61. The van der Waals surface area contributed by atoms with Gasteiger partial charge in [0, 0.05) is 25.7 Å². The lowest BCUT2D eigenvalue weighted by Crippen LogP contribution is -2.44. The number of hydrogen-bond acceptors (Lipinski definition) is 3. The van der Waals surface area contributed by atoms with Crippen LogP contribution in [0.25, 0.3) is 0 Å². The number of rotatable bonds is 2. The summed E-state index contributed by atoms with van der Waals surface area (Å²) in [6, 6.07) is 8.87. The molecule has 0 radical (unpaired) electrons. The molecule has 16 heavy (non-hydrogen) atoms. The van der Waals surface area contributed by atoms with Crippen LogP contribution in [0.2, 0.25) is 0 Å². The Morgan fingerprint density at radius 3 is 2.81 bits per heavy atom. The van der Waals surface area contributed by atoms with Gasteiger partial charge in [0.25, 0.3) is 0 Å². The highest BCUT2D eigenvalue weighted by atomic mass is 16.5. The molecular weight excluding hydrogens is 200 g/mol. The molecule has 0 saturated carbocycles. The van der Waals surface area contributed by atoms with Crippen molar-refractivity contribution < 1.29 is 4.74 Å². The first-order valence-electron chi connectivity index (χ1n) is 5.73. The number of methoxy groups -OCH3 is 1. The van der Waals surface area contributed by atoms with Gasteiger partial charge in [-0.05, 0) is 31.8 Å². The van der Waals surface area contributed by atoms with E-state index < -0.39 is 0 Å². The highest BCUT2D eigenvalue weighted by Crippen LogP contribution is 2.25. The zero-order chi connectivity index (χ0) is 11.5. The number of likely N-dealkylation sites (N-methyl/N-ethyl adjacent to an activating group) is 2. The zero-order valence-electron chi connectivity index (χ0n) is 10.3. The van der Waals surface area contributed by atoms with Crippen LogP contribution in [-0.2, 0) is 0 Å². The molecule has 0 N–H and O–H groups in total. The summed E-state index contributed by atoms with van der Waals surface area (Å²) in [4.78, 5) is 4.79. The zero-order valence-corrected chi connectivity index (χ0v) is 10.3. The first-order chi connectivity index (χ1) is 7.70. The van der Waals surface area contributed by atoms with Gasteiger partial charge in [0.2, 0.25) is 0 Å². The molecule has 1 aliphatic rings. The van der Waals surface area contributed by atoms with Gasteiger partial charge in [0.05, 0.1) is 7.11 Å². The van der Waals surface area contributed by atoms with Crippen molar-refractivity contribution in [2.45, 2.75) is 6.04 Å². The maximum atomic E-state index is 5.28. The molecule has 1 aromatic rings. The minimum absolute atomic E-state index is 0.480. The Morgan fingerprint density at radius 1 is 1.25 bits per heavy atom. The lowest BCUT2D eigenvalue weighted by Gasteiger charge is -2.38. The molecular formula is C13H20N2O. The molecule has 1 aliphatic heterocycles. The summed E-state index contributed by atoms with van der Waals surface area (Å²) in [6.45, 7) is 3.36. The van der Waals surface area contributed by atoms with Gasteiger partial charge in [-0.1, -0.05) is 12.1 Å². The van der Waals surface area contributed by atoms with E-state index >= 15 is 0 Å². The summed E-state index contributed by atoms with van der Waals surface area (Å²) in [6.07, 6.45) is 0. The van der Waals surface area contributed by atoms with Crippen LogP contribution in [0.4, 0.5) is 0 Å². The summed E-state index contributed by atoms with van der Waals surface area (Å²) in [5.41, 5.74) is 1.34. The topological polar surface area (TPSA) is 15.7 Å². The van der Waals surface area contributed by atoms with E-state index in [-0.39, 0.29) is 0 Å². The second-order valence-electron chi connectivity index (χ2n) is 4.54. The van der Waals surface area contributed by atoms with Crippen LogP contribution in [0.1, 0.15) is 11.6 Å². The van der Waals surface area contributed by atoms with Crippen LogP contribution in [0, 0.1) is 0 Å². The van der Waals surface area contributed by atoms with E-state index in [1.54, 1.807) is 7.11 Å². The van der Waals surface area contributed by atoms with Crippen molar-refractivity contribution in [3.63, 3.8) is 0 Å². The van der Waals surface area contributed by atoms with Crippen molar-refractivity contribution in [1.82, 2.24) is 9.80 Å². The van der Waals surface area contributed by atoms with Gasteiger partial charge in [-0.25, -0.2) is 0 Å². The Hall–Kier alpha value is -1.06. The highest BCUT2D eigenvalue weighted by molar-refractivity contribution is 5.31. The van der Waals surface area contributed by atoms with E-state index in [1.165, 1.54) is 5.56 Å². The van der Waals surface area contributed by atoms with Crippen molar-refractivity contribution in [3.05, 3.63) is 29.8 Å². The van der Waals surface area contributed by atoms with Crippen LogP contribution >= 0.6 is 0 Å². The summed E-state index contributed by atoms with van der Waals surface area (Å²) >= 11 is 0. The minimum Gasteiger partial charge on any atom is -0.497 e. The summed E-state index contributed by atoms with van der Waals surface area (Å²) in [5, 5.41) is 0. The van der Waals surface area contributed by atoms with Crippen LogP contribution in [0.5, 0.6) is 5.75 Å². The standard InChI is InChI=1S/C13H20N2O/c1-14-7-8-15(2)13(10-14)11-5-4-6-12(9-11)16-3/h4-6,9,13H,7-8,10H2,1-3H3. The van der Waals surface area contributed by atoms with E-state index in [9.17, 15) is 0 Å². The van der Waals surface area contributed by atoms with Crippen LogP contribution < -0.4 is 4.74 Å². The molecule has 1 unspecified atom stereocenters. The molecule has 1 fully saturated rings. The van der Waals surface area contributed by atoms with Gasteiger partial charge < -0.3 is 9.64 Å². The monoisotopic (exact) mass is 220 g/mol. The maximum absolute atomic E-state index is 5.28. The SMILES string of the molecule is COc1cccc(C2CN(C)CCN2C)c1. The summed E-state index contributed by atoms with van der Waals surface area (Å²) < 4.78 is 5.28. The highest BCUT2D eigenvalue weighted by Gasteiger charge is 2.23. The van der Waals surface area contributed by atoms with Crippen molar-refractivity contribution in [2.75, 3.05) is 40.8 Å². The number of hydrogen-bond donors (Lipinski definition) is 0. The van der Waals surface area contributed by atoms with Gasteiger partial charge in [-0.2, -0.15) is 0 Å². The van der Waals surface area contributed by atoms with Gasteiger partial charge in [0.1, 0.15) is 5.75 Å². The molecule has 0 aliphatic carbocycles. The Balaban J connectivity index is 2.20. The average Bonchev–Trinajstić information content (AvgIpc) is 2.32. The van der Waals surface area contributed by atoms with Gasteiger partial charge in [-0.3, -0.25) is 4.90 Å². The first-order valence-corrected chi connectivity index (χ1v) is 5.73. The molecule has 88 valence electrons.